The van der Waals surface area contributed by atoms with E-state index in [1.807, 2.05) is 32.0 Å². The van der Waals surface area contributed by atoms with Gasteiger partial charge in [0.25, 0.3) is 0 Å². The summed E-state index contributed by atoms with van der Waals surface area (Å²) in [4.78, 5) is 22.6. The van der Waals surface area contributed by atoms with E-state index in [2.05, 4.69) is 0 Å². The van der Waals surface area contributed by atoms with Gasteiger partial charge in [-0.3, -0.25) is 4.79 Å². The quantitative estimate of drug-likeness (QED) is 0.842. The Bertz CT molecular complexity index is 613. The average Bonchev–Trinajstić information content (AvgIpc) is 2.72. The maximum atomic E-state index is 11.4. The summed E-state index contributed by atoms with van der Waals surface area (Å²) in [6, 6.07) is 7.32. The van der Waals surface area contributed by atoms with E-state index in [0.29, 0.717) is 11.7 Å². The Kier molecular flexibility index (Phi) is 3.19. The lowest BCUT2D eigenvalue weighted by Crippen LogP contribution is -2.13. The largest absolute Gasteiger partial charge is 0.477 e. The normalized spacial score (nSPS) is 12.6. The van der Waals surface area contributed by atoms with Crippen molar-refractivity contribution in [3.8, 4) is 0 Å². The third-order valence-electron chi connectivity index (χ3n) is 3.30. The van der Waals surface area contributed by atoms with Gasteiger partial charge in [-0.25, -0.2) is 4.79 Å². The summed E-state index contributed by atoms with van der Waals surface area (Å²) < 4.78 is 1.74. The van der Waals surface area contributed by atoms with Crippen LogP contribution in [0.2, 0.25) is 0 Å². The topological polar surface area (TPSA) is 59.3 Å². The van der Waals surface area contributed by atoms with Gasteiger partial charge in [0, 0.05) is 16.9 Å². The fraction of sp³-hybridized carbons (Fsp3) is 0.286. The number of nitrogens with zero attached hydrogens (tertiary/aromatic N) is 1. The maximum Gasteiger partial charge on any atom is 0.353 e. The minimum absolute atomic E-state index is 0.0368. The third kappa shape index (κ3) is 1.70. The van der Waals surface area contributed by atoms with Crippen molar-refractivity contribution in [3.05, 3.63) is 35.5 Å². The molecule has 0 fully saturated rings. The minimum Gasteiger partial charge on any atom is -0.477 e. The number of carboxylic acids is 1. The monoisotopic (exact) mass is 245 g/mol. The molecule has 2 rings (SSSR count). The molecule has 0 radical (unpaired) electrons. The van der Waals surface area contributed by atoms with E-state index in [1.54, 1.807) is 10.6 Å². The number of carbonyl (C=O) groups is 2. The van der Waals surface area contributed by atoms with E-state index in [-0.39, 0.29) is 17.3 Å². The van der Waals surface area contributed by atoms with Crippen molar-refractivity contribution in [3.63, 3.8) is 0 Å². The number of rotatable bonds is 4. The molecule has 0 spiro atoms. The lowest BCUT2D eigenvalue weighted by molar-refractivity contribution is 0.0680. The molecule has 0 aliphatic carbocycles. The molecule has 0 aliphatic heterocycles. The van der Waals surface area contributed by atoms with Crippen LogP contribution in [-0.2, 0) is 0 Å². The molecule has 2 aromatic rings. The third-order valence-corrected chi connectivity index (χ3v) is 3.30. The second-order valence-electron chi connectivity index (χ2n) is 4.33. The summed E-state index contributed by atoms with van der Waals surface area (Å²) in [5.74, 6) is -1.06. The number of benzene rings is 1. The van der Waals surface area contributed by atoms with Crippen molar-refractivity contribution in [2.75, 3.05) is 0 Å². The molecule has 0 bridgehead atoms. The van der Waals surface area contributed by atoms with Gasteiger partial charge in [-0.15, -0.1) is 0 Å². The second kappa shape index (κ2) is 4.64. The zero-order valence-corrected chi connectivity index (χ0v) is 10.4. The first-order valence-electron chi connectivity index (χ1n) is 5.93. The number of aromatic nitrogens is 1. The summed E-state index contributed by atoms with van der Waals surface area (Å²) in [5.41, 5.74) is 1.14. The van der Waals surface area contributed by atoms with Crippen molar-refractivity contribution >= 4 is 23.2 Å². The molecule has 1 heterocycles. The molecule has 0 aliphatic rings. The highest BCUT2D eigenvalue weighted by molar-refractivity contribution is 6.08. The predicted molar refractivity (Wildman–Crippen MR) is 69.3 cm³/mol. The van der Waals surface area contributed by atoms with Gasteiger partial charge in [-0.1, -0.05) is 25.1 Å². The van der Waals surface area contributed by atoms with Crippen LogP contribution in [0.25, 0.3) is 10.9 Å². The van der Waals surface area contributed by atoms with E-state index < -0.39 is 5.97 Å². The Morgan fingerprint density at radius 2 is 2.11 bits per heavy atom. The first-order valence-corrected chi connectivity index (χ1v) is 5.93. The van der Waals surface area contributed by atoms with Crippen LogP contribution in [0.5, 0.6) is 0 Å². The smallest absolute Gasteiger partial charge is 0.353 e. The SMILES string of the molecule is CCC(C)n1c(C(=O)O)c(C=O)c2ccccc21. The summed E-state index contributed by atoms with van der Waals surface area (Å²) >= 11 is 0. The van der Waals surface area contributed by atoms with Crippen molar-refractivity contribution in [1.29, 1.82) is 0 Å². The van der Waals surface area contributed by atoms with Crippen molar-refractivity contribution in [2.45, 2.75) is 26.3 Å². The minimum atomic E-state index is -1.06. The van der Waals surface area contributed by atoms with Crippen LogP contribution >= 0.6 is 0 Å². The van der Waals surface area contributed by atoms with Gasteiger partial charge in [-0.2, -0.15) is 0 Å². The number of para-hydroxylation sites is 1. The highest BCUT2D eigenvalue weighted by Crippen LogP contribution is 2.29. The van der Waals surface area contributed by atoms with Gasteiger partial charge in [0.1, 0.15) is 5.69 Å². The molecule has 0 saturated carbocycles. The van der Waals surface area contributed by atoms with Crippen LogP contribution in [0.15, 0.2) is 24.3 Å². The fourth-order valence-corrected chi connectivity index (χ4v) is 2.27. The lowest BCUT2D eigenvalue weighted by Gasteiger charge is -2.15. The van der Waals surface area contributed by atoms with Gasteiger partial charge >= 0.3 is 5.97 Å². The Balaban J connectivity index is 2.92. The van der Waals surface area contributed by atoms with E-state index in [4.69, 9.17) is 0 Å². The lowest BCUT2D eigenvalue weighted by atomic mass is 10.1. The molecule has 0 saturated heterocycles. The van der Waals surface area contributed by atoms with Crippen LogP contribution in [-0.4, -0.2) is 21.9 Å². The summed E-state index contributed by atoms with van der Waals surface area (Å²) in [7, 11) is 0. The number of aromatic carboxylic acids is 1. The number of carbonyl (C=O) groups excluding carboxylic acids is 1. The molecule has 4 nitrogen and oxygen atoms in total. The van der Waals surface area contributed by atoms with Crippen LogP contribution in [0.3, 0.4) is 0 Å². The maximum absolute atomic E-state index is 11.4. The van der Waals surface area contributed by atoms with Gasteiger partial charge in [0.05, 0.1) is 5.56 Å². The van der Waals surface area contributed by atoms with Gasteiger partial charge < -0.3 is 9.67 Å². The van der Waals surface area contributed by atoms with Crippen molar-refractivity contribution in [2.24, 2.45) is 0 Å². The zero-order valence-electron chi connectivity index (χ0n) is 10.4. The molecule has 1 aromatic heterocycles. The molecular weight excluding hydrogens is 230 g/mol. The van der Waals surface area contributed by atoms with Gasteiger partial charge in [-0.05, 0) is 19.4 Å². The standard InChI is InChI=1S/C14H15NO3/c1-3-9(2)15-12-7-5-4-6-10(12)11(8-16)13(15)14(17)18/h4-9H,3H2,1-2H3,(H,17,18). The Labute approximate surface area is 105 Å². The Morgan fingerprint density at radius 3 is 2.67 bits per heavy atom. The summed E-state index contributed by atoms with van der Waals surface area (Å²) in [6.45, 7) is 3.94. The summed E-state index contributed by atoms with van der Waals surface area (Å²) in [6.07, 6.45) is 1.43. The summed E-state index contributed by atoms with van der Waals surface area (Å²) in [5, 5.41) is 10.0. The molecule has 4 heteroatoms. The number of carboxylic acid groups (broad SMARTS) is 1. The van der Waals surface area contributed by atoms with Crippen molar-refractivity contribution < 1.29 is 14.7 Å². The van der Waals surface area contributed by atoms with Crippen LogP contribution < -0.4 is 0 Å². The molecule has 1 atom stereocenters. The molecule has 94 valence electrons. The van der Waals surface area contributed by atoms with E-state index >= 15 is 0 Å². The molecule has 1 aromatic carbocycles. The van der Waals surface area contributed by atoms with E-state index in [9.17, 15) is 14.7 Å². The second-order valence-corrected chi connectivity index (χ2v) is 4.33. The van der Waals surface area contributed by atoms with Crippen LogP contribution in [0.4, 0.5) is 0 Å². The predicted octanol–water partition coefficient (Wildman–Crippen LogP) is 3.12. The fourth-order valence-electron chi connectivity index (χ4n) is 2.27. The molecular formula is C14H15NO3. The van der Waals surface area contributed by atoms with Crippen LogP contribution in [0, 0.1) is 0 Å². The molecule has 1 unspecified atom stereocenters. The number of aldehydes is 1. The Morgan fingerprint density at radius 1 is 1.44 bits per heavy atom. The Hall–Kier alpha value is -2.10. The highest BCUT2D eigenvalue weighted by atomic mass is 16.4. The van der Waals surface area contributed by atoms with E-state index in [1.165, 1.54) is 0 Å². The first kappa shape index (κ1) is 12.4. The number of hydrogen-bond donors (Lipinski definition) is 1. The molecule has 0 amide bonds. The van der Waals surface area contributed by atoms with Crippen molar-refractivity contribution in [1.82, 2.24) is 4.57 Å². The van der Waals surface area contributed by atoms with Gasteiger partial charge in [0.2, 0.25) is 0 Å². The molecule has 1 N–H and O–H groups in total. The number of fused-ring (bicyclic) bond motifs is 1. The first-order chi connectivity index (χ1) is 8.61. The highest BCUT2D eigenvalue weighted by Gasteiger charge is 2.23. The van der Waals surface area contributed by atoms with E-state index in [0.717, 1.165) is 11.9 Å². The number of hydrogen-bond acceptors (Lipinski definition) is 2. The molecule has 18 heavy (non-hydrogen) atoms. The van der Waals surface area contributed by atoms with Crippen LogP contribution in [0.1, 0.15) is 47.2 Å². The average molecular weight is 245 g/mol. The zero-order chi connectivity index (χ0) is 13.3. The van der Waals surface area contributed by atoms with Gasteiger partial charge in [0.15, 0.2) is 6.29 Å².